The van der Waals surface area contributed by atoms with Crippen LogP contribution in [0.25, 0.3) is 22.0 Å². The normalized spacial score (nSPS) is 14.7. The lowest BCUT2D eigenvalue weighted by atomic mass is 9.94. The van der Waals surface area contributed by atoms with E-state index in [9.17, 15) is 9.59 Å². The van der Waals surface area contributed by atoms with Crippen molar-refractivity contribution in [3.63, 3.8) is 0 Å². The van der Waals surface area contributed by atoms with Crippen LogP contribution in [0.2, 0.25) is 0 Å². The van der Waals surface area contributed by atoms with Gasteiger partial charge < -0.3 is 10.1 Å². The molecular weight excluding hydrogens is 354 g/mol. The van der Waals surface area contributed by atoms with Crippen molar-refractivity contribution in [1.82, 2.24) is 15.2 Å². The largest absolute Gasteiger partial charge is 0.465 e. The van der Waals surface area contributed by atoms with Gasteiger partial charge in [0.05, 0.1) is 30.4 Å². The molecule has 1 saturated heterocycles. The SMILES string of the molecule is COC(=O)c1c(CN2CCNC(=O)C2)nc2ccccc2c1-c1ccccc1. The van der Waals surface area contributed by atoms with E-state index in [-0.39, 0.29) is 12.5 Å². The number of methoxy groups -OCH3 is 1. The molecule has 1 fully saturated rings. The Morgan fingerprint density at radius 2 is 1.89 bits per heavy atom. The van der Waals surface area contributed by atoms with Gasteiger partial charge in [0, 0.05) is 30.6 Å². The summed E-state index contributed by atoms with van der Waals surface area (Å²) in [4.78, 5) is 31.4. The third kappa shape index (κ3) is 3.46. The zero-order valence-electron chi connectivity index (χ0n) is 15.6. The van der Waals surface area contributed by atoms with Crippen LogP contribution in [-0.2, 0) is 16.1 Å². The molecule has 142 valence electrons. The van der Waals surface area contributed by atoms with Crippen LogP contribution >= 0.6 is 0 Å². The number of carbonyl (C=O) groups excluding carboxylic acids is 2. The first-order valence-electron chi connectivity index (χ1n) is 9.22. The van der Waals surface area contributed by atoms with Crippen molar-refractivity contribution >= 4 is 22.8 Å². The van der Waals surface area contributed by atoms with Crippen molar-refractivity contribution in [2.75, 3.05) is 26.7 Å². The van der Waals surface area contributed by atoms with Crippen LogP contribution in [0, 0.1) is 0 Å². The molecular formula is C22H21N3O3. The van der Waals surface area contributed by atoms with E-state index in [0.29, 0.717) is 30.9 Å². The number of piperazine rings is 1. The van der Waals surface area contributed by atoms with Crippen LogP contribution in [0.5, 0.6) is 0 Å². The number of hydrogen-bond donors (Lipinski definition) is 1. The topological polar surface area (TPSA) is 71.5 Å². The van der Waals surface area contributed by atoms with E-state index in [1.165, 1.54) is 7.11 Å². The van der Waals surface area contributed by atoms with Gasteiger partial charge in [0.15, 0.2) is 0 Å². The fourth-order valence-corrected chi connectivity index (χ4v) is 3.64. The molecule has 1 aliphatic rings. The molecule has 1 aliphatic heterocycles. The smallest absolute Gasteiger partial charge is 0.340 e. The Labute approximate surface area is 163 Å². The van der Waals surface area contributed by atoms with Crippen molar-refractivity contribution in [2.24, 2.45) is 0 Å². The number of nitrogens with one attached hydrogen (secondary N) is 1. The summed E-state index contributed by atoms with van der Waals surface area (Å²) in [6.07, 6.45) is 0. The van der Waals surface area contributed by atoms with Crippen LogP contribution in [0.1, 0.15) is 16.1 Å². The second-order valence-corrected chi connectivity index (χ2v) is 6.74. The van der Waals surface area contributed by atoms with Crippen LogP contribution in [0.3, 0.4) is 0 Å². The van der Waals surface area contributed by atoms with Crippen LogP contribution in [-0.4, -0.2) is 48.5 Å². The number of benzene rings is 2. The zero-order chi connectivity index (χ0) is 19.5. The van der Waals surface area contributed by atoms with E-state index in [1.807, 2.05) is 59.5 Å². The Bertz CT molecular complexity index is 1030. The first kappa shape index (κ1) is 18.1. The summed E-state index contributed by atoms with van der Waals surface area (Å²) in [5.74, 6) is -0.441. The molecule has 6 nitrogen and oxygen atoms in total. The molecule has 1 amide bonds. The van der Waals surface area contributed by atoms with E-state index in [4.69, 9.17) is 9.72 Å². The number of carbonyl (C=O) groups is 2. The average molecular weight is 375 g/mol. The lowest BCUT2D eigenvalue weighted by molar-refractivity contribution is -0.124. The molecule has 0 unspecified atom stereocenters. The zero-order valence-corrected chi connectivity index (χ0v) is 15.6. The summed E-state index contributed by atoms with van der Waals surface area (Å²) in [6.45, 7) is 1.99. The Balaban J connectivity index is 1.93. The monoisotopic (exact) mass is 375 g/mol. The van der Waals surface area contributed by atoms with Crippen LogP contribution in [0.4, 0.5) is 0 Å². The van der Waals surface area contributed by atoms with Gasteiger partial charge in [-0.2, -0.15) is 0 Å². The predicted molar refractivity (Wildman–Crippen MR) is 107 cm³/mol. The quantitative estimate of drug-likeness (QED) is 0.710. The van der Waals surface area contributed by atoms with Gasteiger partial charge in [-0.15, -0.1) is 0 Å². The van der Waals surface area contributed by atoms with Gasteiger partial charge in [-0.05, 0) is 11.6 Å². The van der Waals surface area contributed by atoms with E-state index in [2.05, 4.69) is 5.32 Å². The maximum absolute atomic E-state index is 12.8. The summed E-state index contributed by atoms with van der Waals surface area (Å²) in [6, 6.07) is 17.6. The molecule has 0 spiro atoms. The van der Waals surface area contributed by atoms with Crippen LogP contribution in [0.15, 0.2) is 54.6 Å². The van der Waals surface area contributed by atoms with Gasteiger partial charge in [0.1, 0.15) is 0 Å². The number of amides is 1. The molecule has 0 saturated carbocycles. The standard InChI is InChI=1S/C22H21N3O3/c1-28-22(27)21-18(13-25-12-11-23-19(26)14-25)24-17-10-6-5-9-16(17)20(21)15-7-3-2-4-8-15/h2-10H,11-14H2,1H3,(H,23,26). The summed E-state index contributed by atoms with van der Waals surface area (Å²) < 4.78 is 5.12. The third-order valence-corrected chi connectivity index (χ3v) is 4.91. The van der Waals surface area contributed by atoms with Gasteiger partial charge in [-0.25, -0.2) is 4.79 Å². The maximum atomic E-state index is 12.8. The Morgan fingerprint density at radius 3 is 2.64 bits per heavy atom. The molecule has 2 aromatic carbocycles. The predicted octanol–water partition coefficient (Wildman–Crippen LogP) is 2.62. The van der Waals surface area contributed by atoms with Gasteiger partial charge in [-0.3, -0.25) is 14.7 Å². The first-order chi connectivity index (χ1) is 13.7. The highest BCUT2D eigenvalue weighted by Crippen LogP contribution is 2.34. The van der Waals surface area contributed by atoms with Crippen molar-refractivity contribution in [1.29, 1.82) is 0 Å². The number of pyridine rings is 1. The minimum absolute atomic E-state index is 0.0186. The number of nitrogens with zero attached hydrogens (tertiary/aromatic N) is 2. The van der Waals surface area contributed by atoms with E-state index in [1.54, 1.807) is 0 Å². The molecule has 1 N–H and O–H groups in total. The minimum Gasteiger partial charge on any atom is -0.465 e. The molecule has 0 bridgehead atoms. The number of rotatable bonds is 4. The molecule has 1 aromatic heterocycles. The average Bonchev–Trinajstić information content (AvgIpc) is 2.73. The van der Waals surface area contributed by atoms with Crippen molar-refractivity contribution in [2.45, 2.75) is 6.54 Å². The second-order valence-electron chi connectivity index (χ2n) is 6.74. The first-order valence-corrected chi connectivity index (χ1v) is 9.22. The molecule has 0 aliphatic carbocycles. The van der Waals surface area contributed by atoms with Gasteiger partial charge in [0.2, 0.25) is 5.91 Å². The minimum atomic E-state index is -0.423. The summed E-state index contributed by atoms with van der Waals surface area (Å²) in [5.41, 5.74) is 3.64. The Hall–Kier alpha value is -3.25. The van der Waals surface area contributed by atoms with E-state index >= 15 is 0 Å². The summed E-state index contributed by atoms with van der Waals surface area (Å²) in [7, 11) is 1.38. The fourth-order valence-electron chi connectivity index (χ4n) is 3.64. The Morgan fingerprint density at radius 1 is 1.14 bits per heavy atom. The molecule has 0 atom stereocenters. The molecule has 2 heterocycles. The van der Waals surface area contributed by atoms with Crippen molar-refractivity contribution < 1.29 is 14.3 Å². The van der Waals surface area contributed by atoms with Gasteiger partial charge in [-0.1, -0.05) is 48.5 Å². The lowest BCUT2D eigenvalue weighted by Crippen LogP contribution is -2.47. The number of ether oxygens (including phenoxy) is 1. The molecule has 0 radical (unpaired) electrons. The van der Waals surface area contributed by atoms with Crippen molar-refractivity contribution in [3.05, 3.63) is 65.9 Å². The highest BCUT2D eigenvalue weighted by atomic mass is 16.5. The summed E-state index contributed by atoms with van der Waals surface area (Å²) >= 11 is 0. The third-order valence-electron chi connectivity index (χ3n) is 4.91. The highest BCUT2D eigenvalue weighted by Gasteiger charge is 2.25. The number of aromatic nitrogens is 1. The van der Waals surface area contributed by atoms with E-state index in [0.717, 1.165) is 22.0 Å². The number of esters is 1. The number of fused-ring (bicyclic) bond motifs is 1. The Kier molecular flexibility index (Phi) is 5.04. The lowest BCUT2D eigenvalue weighted by Gasteiger charge is -2.27. The number of para-hydroxylation sites is 1. The van der Waals surface area contributed by atoms with E-state index < -0.39 is 5.97 Å². The molecule has 6 heteroatoms. The van der Waals surface area contributed by atoms with Gasteiger partial charge >= 0.3 is 5.97 Å². The highest BCUT2D eigenvalue weighted by molar-refractivity contribution is 6.07. The molecule has 4 rings (SSSR count). The molecule has 3 aromatic rings. The second kappa shape index (κ2) is 7.78. The van der Waals surface area contributed by atoms with Crippen LogP contribution < -0.4 is 5.32 Å². The van der Waals surface area contributed by atoms with Gasteiger partial charge in [0.25, 0.3) is 0 Å². The fraction of sp³-hybridized carbons (Fsp3) is 0.227. The maximum Gasteiger partial charge on any atom is 0.340 e. The summed E-state index contributed by atoms with van der Waals surface area (Å²) in [5, 5.41) is 3.72. The van der Waals surface area contributed by atoms with Crippen molar-refractivity contribution in [3.8, 4) is 11.1 Å². The molecule has 28 heavy (non-hydrogen) atoms. The number of hydrogen-bond acceptors (Lipinski definition) is 5.